The molecular weight excluding hydrogens is 166 g/mol. The van der Waals surface area contributed by atoms with E-state index in [0.717, 1.165) is 25.7 Å². The Hall–Kier alpha value is -1.04. The molecule has 0 N–H and O–H groups in total. The van der Waals surface area contributed by atoms with Crippen LogP contribution in [-0.4, -0.2) is 11.6 Å². The Morgan fingerprint density at radius 2 is 2.08 bits per heavy atom. The lowest BCUT2D eigenvalue weighted by Crippen LogP contribution is -2.30. The lowest BCUT2D eigenvalue weighted by Gasteiger charge is -2.24. The van der Waals surface area contributed by atoms with Crippen molar-refractivity contribution < 1.29 is 9.53 Å². The fraction of sp³-hybridized carbons (Fsp3) is 0.800. The van der Waals surface area contributed by atoms with Gasteiger partial charge in [-0.05, 0) is 39.5 Å². The van der Waals surface area contributed by atoms with Crippen LogP contribution in [0.1, 0.15) is 39.5 Å². The highest BCUT2D eigenvalue weighted by Gasteiger charge is 2.33. The fourth-order valence-corrected chi connectivity index (χ4v) is 1.61. The van der Waals surface area contributed by atoms with Gasteiger partial charge < -0.3 is 4.74 Å². The molecule has 1 aliphatic carbocycles. The minimum atomic E-state index is -0.641. The van der Waals surface area contributed by atoms with Crippen LogP contribution >= 0.6 is 0 Å². The number of nitriles is 1. The number of ether oxygens (including phenoxy) is 1. The van der Waals surface area contributed by atoms with Crippen LogP contribution in [0.3, 0.4) is 0 Å². The molecular formula is C10H15NO2. The number of hydrogen-bond acceptors (Lipinski definition) is 3. The van der Waals surface area contributed by atoms with Gasteiger partial charge in [0.05, 0.1) is 6.07 Å². The van der Waals surface area contributed by atoms with Crippen molar-refractivity contribution in [2.45, 2.75) is 45.1 Å². The molecule has 72 valence electrons. The second-order valence-corrected chi connectivity index (χ2v) is 3.93. The van der Waals surface area contributed by atoms with E-state index >= 15 is 0 Å². The molecule has 0 aromatic rings. The summed E-state index contributed by atoms with van der Waals surface area (Å²) < 4.78 is 5.29. The zero-order valence-corrected chi connectivity index (χ0v) is 8.17. The number of hydrogen-bond donors (Lipinski definition) is 0. The number of carbonyl (C=O) groups excluding carboxylic acids is 1. The zero-order valence-electron chi connectivity index (χ0n) is 8.17. The normalized spacial score (nSPS) is 21.9. The molecule has 0 bridgehead atoms. The number of rotatable bonds is 2. The van der Waals surface area contributed by atoms with Gasteiger partial charge in [-0.1, -0.05) is 0 Å². The molecule has 1 atom stereocenters. The van der Waals surface area contributed by atoms with Crippen molar-refractivity contribution in [3.05, 3.63) is 0 Å². The molecule has 0 heterocycles. The third-order valence-electron chi connectivity index (χ3n) is 2.56. The van der Waals surface area contributed by atoms with Gasteiger partial charge in [-0.15, -0.1) is 0 Å². The highest BCUT2D eigenvalue weighted by molar-refractivity contribution is 5.75. The SMILES string of the molecule is CC(C#N)C(=O)OC1(C)CCCC1. The van der Waals surface area contributed by atoms with Crippen LogP contribution < -0.4 is 0 Å². The summed E-state index contributed by atoms with van der Waals surface area (Å²) in [4.78, 5) is 11.3. The Morgan fingerprint density at radius 1 is 1.54 bits per heavy atom. The van der Waals surface area contributed by atoms with Crippen LogP contribution in [0.2, 0.25) is 0 Å². The Bertz CT molecular complexity index is 236. The molecule has 0 aliphatic heterocycles. The van der Waals surface area contributed by atoms with Gasteiger partial charge in [-0.2, -0.15) is 5.26 Å². The fourth-order valence-electron chi connectivity index (χ4n) is 1.61. The van der Waals surface area contributed by atoms with Crippen LogP contribution in [0, 0.1) is 17.2 Å². The van der Waals surface area contributed by atoms with Crippen LogP contribution in [0.15, 0.2) is 0 Å². The van der Waals surface area contributed by atoms with E-state index in [1.807, 2.05) is 13.0 Å². The maximum atomic E-state index is 11.3. The summed E-state index contributed by atoms with van der Waals surface area (Å²) in [5, 5.41) is 8.51. The summed E-state index contributed by atoms with van der Waals surface area (Å²) in [6.45, 7) is 3.52. The zero-order chi connectivity index (χ0) is 9.90. The molecule has 0 aromatic heterocycles. The largest absolute Gasteiger partial charge is 0.458 e. The van der Waals surface area contributed by atoms with Gasteiger partial charge >= 0.3 is 5.97 Å². The summed E-state index contributed by atoms with van der Waals surface area (Å²) in [7, 11) is 0. The lowest BCUT2D eigenvalue weighted by molar-refractivity contribution is -0.160. The molecule has 1 aliphatic rings. The van der Waals surface area contributed by atoms with Crippen molar-refractivity contribution in [1.82, 2.24) is 0 Å². The topological polar surface area (TPSA) is 50.1 Å². The van der Waals surface area contributed by atoms with Gasteiger partial charge in [-0.25, -0.2) is 0 Å². The van der Waals surface area contributed by atoms with Crippen LogP contribution in [0.4, 0.5) is 0 Å². The second kappa shape index (κ2) is 3.78. The molecule has 1 rings (SSSR count). The van der Waals surface area contributed by atoms with Crippen molar-refractivity contribution in [3.63, 3.8) is 0 Å². The Labute approximate surface area is 78.7 Å². The molecule has 0 saturated heterocycles. The second-order valence-electron chi connectivity index (χ2n) is 3.93. The Kier molecular flexibility index (Phi) is 2.92. The predicted molar refractivity (Wildman–Crippen MR) is 47.7 cm³/mol. The first-order chi connectivity index (χ1) is 6.07. The minimum Gasteiger partial charge on any atom is -0.458 e. The lowest BCUT2D eigenvalue weighted by atomic mass is 10.1. The molecule has 0 amide bonds. The van der Waals surface area contributed by atoms with E-state index in [-0.39, 0.29) is 11.6 Å². The van der Waals surface area contributed by atoms with Crippen LogP contribution in [0.25, 0.3) is 0 Å². The number of esters is 1. The van der Waals surface area contributed by atoms with Gasteiger partial charge in [0.2, 0.25) is 0 Å². The van der Waals surface area contributed by atoms with Gasteiger partial charge in [0.25, 0.3) is 0 Å². The van der Waals surface area contributed by atoms with E-state index in [4.69, 9.17) is 10.00 Å². The van der Waals surface area contributed by atoms with E-state index in [1.165, 1.54) is 0 Å². The van der Waals surface area contributed by atoms with Crippen LogP contribution in [0.5, 0.6) is 0 Å². The highest BCUT2D eigenvalue weighted by Crippen LogP contribution is 2.33. The van der Waals surface area contributed by atoms with Gasteiger partial charge in [0.1, 0.15) is 11.5 Å². The standard InChI is InChI=1S/C10H15NO2/c1-8(7-11)9(12)13-10(2)5-3-4-6-10/h8H,3-6H2,1-2H3. The number of carbonyl (C=O) groups is 1. The summed E-state index contributed by atoms with van der Waals surface area (Å²) in [6.07, 6.45) is 4.09. The Morgan fingerprint density at radius 3 is 2.54 bits per heavy atom. The van der Waals surface area contributed by atoms with E-state index in [0.29, 0.717) is 0 Å². The van der Waals surface area contributed by atoms with Gasteiger partial charge in [-0.3, -0.25) is 4.79 Å². The first-order valence-electron chi connectivity index (χ1n) is 4.70. The quantitative estimate of drug-likeness (QED) is 0.612. The number of nitrogens with zero attached hydrogens (tertiary/aromatic N) is 1. The molecule has 0 spiro atoms. The summed E-state index contributed by atoms with van der Waals surface area (Å²) in [6, 6.07) is 1.88. The minimum absolute atomic E-state index is 0.303. The first-order valence-corrected chi connectivity index (χ1v) is 4.70. The van der Waals surface area contributed by atoms with Crippen molar-refractivity contribution >= 4 is 5.97 Å². The average molecular weight is 181 g/mol. The molecule has 3 heteroatoms. The van der Waals surface area contributed by atoms with Gasteiger partial charge in [0.15, 0.2) is 0 Å². The van der Waals surface area contributed by atoms with Gasteiger partial charge in [0, 0.05) is 0 Å². The monoisotopic (exact) mass is 181 g/mol. The predicted octanol–water partition coefficient (Wildman–Crippen LogP) is 2.02. The Balaban J connectivity index is 2.49. The third kappa shape index (κ3) is 2.45. The first kappa shape index (κ1) is 10.0. The maximum absolute atomic E-state index is 11.3. The molecule has 1 unspecified atom stereocenters. The van der Waals surface area contributed by atoms with E-state index in [2.05, 4.69) is 0 Å². The summed E-state index contributed by atoms with van der Waals surface area (Å²) >= 11 is 0. The molecule has 3 nitrogen and oxygen atoms in total. The highest BCUT2D eigenvalue weighted by atomic mass is 16.6. The van der Waals surface area contributed by atoms with Crippen molar-refractivity contribution in [1.29, 1.82) is 5.26 Å². The third-order valence-corrected chi connectivity index (χ3v) is 2.56. The van der Waals surface area contributed by atoms with E-state index in [9.17, 15) is 4.79 Å². The molecule has 0 aromatic carbocycles. The van der Waals surface area contributed by atoms with E-state index in [1.54, 1.807) is 6.92 Å². The molecule has 0 radical (unpaired) electrons. The average Bonchev–Trinajstić information content (AvgIpc) is 2.50. The molecule has 1 fully saturated rings. The summed E-state index contributed by atoms with van der Waals surface area (Å²) in [5.41, 5.74) is -0.303. The van der Waals surface area contributed by atoms with Crippen molar-refractivity contribution in [3.8, 4) is 6.07 Å². The summed E-state index contributed by atoms with van der Waals surface area (Å²) in [5.74, 6) is -1.02. The van der Waals surface area contributed by atoms with Crippen LogP contribution in [-0.2, 0) is 9.53 Å². The molecule has 13 heavy (non-hydrogen) atoms. The van der Waals surface area contributed by atoms with Crippen molar-refractivity contribution in [2.75, 3.05) is 0 Å². The van der Waals surface area contributed by atoms with Crippen molar-refractivity contribution in [2.24, 2.45) is 5.92 Å². The maximum Gasteiger partial charge on any atom is 0.323 e. The molecule has 1 saturated carbocycles. The smallest absolute Gasteiger partial charge is 0.323 e. The van der Waals surface area contributed by atoms with E-state index < -0.39 is 5.92 Å².